The minimum Gasteiger partial charge on any atom is -0.478 e. The highest BCUT2D eigenvalue weighted by Gasteiger charge is 2.16. The highest BCUT2D eigenvalue weighted by Crippen LogP contribution is 2.26. The molecule has 1 unspecified atom stereocenters. The lowest BCUT2D eigenvalue weighted by molar-refractivity contribution is -0.150. The van der Waals surface area contributed by atoms with Crippen molar-refractivity contribution in [1.82, 2.24) is 4.90 Å². The molecule has 1 atom stereocenters. The van der Waals surface area contributed by atoms with Crippen LogP contribution >= 0.6 is 0 Å². The molecular formula is C54H101NO4. The molecule has 5 nitrogen and oxygen atoms in total. The molecule has 0 heterocycles. The summed E-state index contributed by atoms with van der Waals surface area (Å²) in [6.45, 7) is 7.67. The largest absolute Gasteiger partial charge is 0.478 e. The number of unbranched alkanes of at least 4 members (excludes halogenated alkanes) is 26. The van der Waals surface area contributed by atoms with E-state index in [9.17, 15) is 14.7 Å². The van der Waals surface area contributed by atoms with Crippen LogP contribution in [-0.4, -0.2) is 48.7 Å². The molecule has 1 N–H and O–H groups in total. The summed E-state index contributed by atoms with van der Waals surface area (Å²) in [5, 5.41) is 10.1. The van der Waals surface area contributed by atoms with Crippen molar-refractivity contribution in [2.75, 3.05) is 20.6 Å². The van der Waals surface area contributed by atoms with E-state index in [-0.39, 0.29) is 12.1 Å². The van der Waals surface area contributed by atoms with Crippen LogP contribution in [0.5, 0.6) is 0 Å². The molecule has 0 fully saturated rings. The number of allylic oxidation sites excluding steroid dienone is 5. The van der Waals surface area contributed by atoms with Gasteiger partial charge in [0.25, 0.3) is 0 Å². The molecule has 0 saturated carbocycles. The van der Waals surface area contributed by atoms with E-state index in [1.165, 1.54) is 166 Å². The van der Waals surface area contributed by atoms with Crippen molar-refractivity contribution >= 4 is 11.9 Å². The van der Waals surface area contributed by atoms with Crippen LogP contribution in [0.2, 0.25) is 0 Å². The van der Waals surface area contributed by atoms with Crippen LogP contribution in [0, 0.1) is 0 Å². The quantitative estimate of drug-likeness (QED) is 0.0287. The van der Waals surface area contributed by atoms with E-state index in [4.69, 9.17) is 4.74 Å². The van der Waals surface area contributed by atoms with Crippen LogP contribution in [0.3, 0.4) is 0 Å². The maximum absolute atomic E-state index is 12.7. The van der Waals surface area contributed by atoms with Crippen LogP contribution < -0.4 is 0 Å². The SMILES string of the molecule is CCCCC/C=C\C/C=C\CCCCCCCCC(CCCCCCCCCCC/C(C(=O)O)=C(/CCCCC)CCCCCCCCCC)OC(=O)CCCN(C)C. The standard InChI is InChI=1S/C54H101NO4/c1-6-9-12-14-16-18-19-20-21-22-23-24-26-30-34-39-45-51(59-53(56)48-42-49-55(4)5)46-40-35-31-27-25-28-32-36-41-47-52(54(57)58)50(43-37-11-8-3)44-38-33-29-17-15-13-10-7-2/h16,18,20-21,51H,6-15,17,19,22-49H2,1-5H3,(H,57,58)/b18-16-,21-20-,52-50+. The number of hydrogen-bond donors (Lipinski definition) is 1. The second kappa shape index (κ2) is 45.6. The van der Waals surface area contributed by atoms with Crippen LogP contribution in [0.25, 0.3) is 0 Å². The third-order valence-electron chi connectivity index (χ3n) is 12.1. The Morgan fingerprint density at radius 2 is 0.864 bits per heavy atom. The van der Waals surface area contributed by atoms with E-state index in [2.05, 4.69) is 64.1 Å². The maximum atomic E-state index is 12.7. The summed E-state index contributed by atoms with van der Waals surface area (Å²) < 4.78 is 6.04. The lowest BCUT2D eigenvalue weighted by atomic mass is 9.92. The number of nitrogens with zero attached hydrogens (tertiary/aromatic N) is 1. The zero-order valence-corrected chi connectivity index (χ0v) is 40.3. The summed E-state index contributed by atoms with van der Waals surface area (Å²) in [6.07, 6.45) is 55.1. The molecule has 0 aromatic heterocycles. The molecule has 0 aliphatic rings. The average Bonchev–Trinajstić information content (AvgIpc) is 3.21. The Balaban J connectivity index is 4.40. The predicted octanol–water partition coefficient (Wildman–Crippen LogP) is 17.2. The van der Waals surface area contributed by atoms with Gasteiger partial charge in [0, 0.05) is 12.0 Å². The fourth-order valence-corrected chi connectivity index (χ4v) is 8.24. The van der Waals surface area contributed by atoms with Gasteiger partial charge in [-0.3, -0.25) is 4.79 Å². The number of carbonyl (C=O) groups excluding carboxylic acids is 1. The Labute approximate surface area is 368 Å². The topological polar surface area (TPSA) is 66.8 Å². The number of carboxylic acids is 1. The van der Waals surface area contributed by atoms with Gasteiger partial charge in [-0.15, -0.1) is 0 Å². The van der Waals surface area contributed by atoms with E-state index < -0.39 is 5.97 Å². The van der Waals surface area contributed by atoms with Gasteiger partial charge in [0.05, 0.1) is 0 Å². The Morgan fingerprint density at radius 1 is 0.475 bits per heavy atom. The first kappa shape index (κ1) is 57.1. The van der Waals surface area contributed by atoms with Crippen LogP contribution in [0.4, 0.5) is 0 Å². The number of carboxylic acid groups (broad SMARTS) is 1. The maximum Gasteiger partial charge on any atom is 0.331 e. The number of aliphatic carboxylic acids is 1. The number of carbonyl (C=O) groups is 2. The van der Waals surface area contributed by atoms with Gasteiger partial charge in [0.2, 0.25) is 0 Å². The van der Waals surface area contributed by atoms with Gasteiger partial charge in [-0.05, 0) is 123 Å². The number of esters is 1. The second-order valence-electron chi connectivity index (χ2n) is 18.2. The van der Waals surface area contributed by atoms with Crippen molar-refractivity contribution in [1.29, 1.82) is 0 Å². The van der Waals surface area contributed by atoms with Crippen LogP contribution in [0.1, 0.15) is 271 Å². The molecule has 346 valence electrons. The van der Waals surface area contributed by atoms with E-state index in [0.29, 0.717) is 6.42 Å². The molecule has 59 heavy (non-hydrogen) atoms. The van der Waals surface area contributed by atoms with Gasteiger partial charge in [-0.2, -0.15) is 0 Å². The summed E-state index contributed by atoms with van der Waals surface area (Å²) >= 11 is 0. The summed E-state index contributed by atoms with van der Waals surface area (Å²) in [6, 6.07) is 0. The van der Waals surface area contributed by atoms with Crippen molar-refractivity contribution in [3.05, 3.63) is 35.5 Å². The minimum atomic E-state index is -0.668. The van der Waals surface area contributed by atoms with Gasteiger partial charge in [0.15, 0.2) is 0 Å². The minimum absolute atomic E-state index is 0.0148. The third kappa shape index (κ3) is 41.3. The first-order valence-electron chi connectivity index (χ1n) is 25.9. The average molecular weight is 828 g/mol. The third-order valence-corrected chi connectivity index (χ3v) is 12.1. The van der Waals surface area contributed by atoms with E-state index in [1.54, 1.807) is 0 Å². The number of rotatable bonds is 46. The summed E-state index contributed by atoms with van der Waals surface area (Å²) in [5.74, 6) is -0.682. The lowest BCUT2D eigenvalue weighted by Gasteiger charge is -2.18. The van der Waals surface area contributed by atoms with Crippen molar-refractivity contribution in [2.24, 2.45) is 0 Å². The van der Waals surface area contributed by atoms with Crippen molar-refractivity contribution in [3.8, 4) is 0 Å². The van der Waals surface area contributed by atoms with Gasteiger partial charge in [0.1, 0.15) is 6.10 Å². The molecule has 0 bridgehead atoms. The highest BCUT2D eigenvalue weighted by molar-refractivity contribution is 5.87. The Kier molecular flexibility index (Phi) is 44.2. The fraction of sp³-hybridized carbons (Fsp3) is 0.852. The molecule has 0 spiro atoms. The Bertz CT molecular complexity index is 1010. The van der Waals surface area contributed by atoms with Gasteiger partial charge in [-0.1, -0.05) is 192 Å². The van der Waals surface area contributed by atoms with Gasteiger partial charge >= 0.3 is 11.9 Å². The molecule has 0 saturated heterocycles. The fourth-order valence-electron chi connectivity index (χ4n) is 8.24. The summed E-state index contributed by atoms with van der Waals surface area (Å²) in [5.41, 5.74) is 1.99. The van der Waals surface area contributed by atoms with Gasteiger partial charge in [-0.25, -0.2) is 4.79 Å². The van der Waals surface area contributed by atoms with Crippen molar-refractivity contribution in [3.63, 3.8) is 0 Å². The first-order chi connectivity index (χ1) is 28.8. The van der Waals surface area contributed by atoms with Crippen LogP contribution in [0.15, 0.2) is 35.5 Å². The Hall–Kier alpha value is -1.88. The molecule has 5 heteroatoms. The lowest BCUT2D eigenvalue weighted by Crippen LogP contribution is -2.20. The summed E-state index contributed by atoms with van der Waals surface area (Å²) in [7, 11) is 4.11. The van der Waals surface area contributed by atoms with Crippen molar-refractivity contribution in [2.45, 2.75) is 277 Å². The zero-order chi connectivity index (χ0) is 43.3. The number of hydrogen-bond acceptors (Lipinski definition) is 4. The number of ether oxygens (including phenoxy) is 1. The molecule has 0 aromatic carbocycles. The smallest absolute Gasteiger partial charge is 0.331 e. The second-order valence-corrected chi connectivity index (χ2v) is 18.2. The normalized spacial score (nSPS) is 12.9. The van der Waals surface area contributed by atoms with Gasteiger partial charge < -0.3 is 14.7 Å². The van der Waals surface area contributed by atoms with E-state index >= 15 is 0 Å². The molecular weight excluding hydrogens is 727 g/mol. The van der Waals surface area contributed by atoms with Crippen LogP contribution in [-0.2, 0) is 14.3 Å². The Morgan fingerprint density at radius 3 is 1.36 bits per heavy atom. The molecule has 0 aliphatic heterocycles. The predicted molar refractivity (Wildman–Crippen MR) is 258 cm³/mol. The molecule has 0 rings (SSSR count). The van der Waals surface area contributed by atoms with Crippen molar-refractivity contribution < 1.29 is 19.4 Å². The van der Waals surface area contributed by atoms with E-state index in [1.807, 2.05) is 0 Å². The summed E-state index contributed by atoms with van der Waals surface area (Å²) in [4.78, 5) is 27.1. The molecule has 0 aliphatic carbocycles. The first-order valence-corrected chi connectivity index (χ1v) is 25.9. The van der Waals surface area contributed by atoms with E-state index in [0.717, 1.165) is 95.6 Å². The highest BCUT2D eigenvalue weighted by atomic mass is 16.5. The monoisotopic (exact) mass is 828 g/mol. The molecule has 0 amide bonds. The zero-order valence-electron chi connectivity index (χ0n) is 40.3. The molecule has 0 radical (unpaired) electrons. The molecule has 0 aromatic rings.